The molecule has 1 saturated carbocycles. The molecule has 0 heterocycles. The van der Waals surface area contributed by atoms with E-state index >= 15 is 0 Å². The molecule has 23 heavy (non-hydrogen) atoms. The second-order valence-electron chi connectivity index (χ2n) is 6.48. The van der Waals surface area contributed by atoms with E-state index in [4.69, 9.17) is 9.84 Å². The van der Waals surface area contributed by atoms with Crippen molar-refractivity contribution in [1.82, 2.24) is 0 Å². The van der Waals surface area contributed by atoms with E-state index in [9.17, 15) is 9.90 Å². The van der Waals surface area contributed by atoms with Gasteiger partial charge in [0.25, 0.3) is 0 Å². The number of carboxylic acid groups (broad SMARTS) is 1. The summed E-state index contributed by atoms with van der Waals surface area (Å²) in [6.45, 7) is 4.25. The number of phenolic OH excluding ortho intramolecular Hbond substituents is 1. The molecule has 1 fully saturated rings. The third-order valence-electron chi connectivity index (χ3n) is 4.74. The molecule has 0 spiro atoms. The van der Waals surface area contributed by atoms with Gasteiger partial charge < -0.3 is 14.9 Å². The number of carbonyl (C=O) groups is 1. The molecule has 1 aliphatic rings. The topological polar surface area (TPSA) is 66.8 Å². The Labute approximate surface area is 138 Å². The zero-order valence-electron chi connectivity index (χ0n) is 14.2. The average Bonchev–Trinajstić information content (AvgIpc) is 2.52. The number of aromatic hydroxyl groups is 1. The van der Waals surface area contributed by atoms with Gasteiger partial charge in [-0.2, -0.15) is 0 Å². The van der Waals surface area contributed by atoms with Crippen LogP contribution < -0.4 is 4.74 Å². The number of aryl methyl sites for hydroxylation is 1. The molecular formula is C19H28O4. The van der Waals surface area contributed by atoms with Gasteiger partial charge in [0.1, 0.15) is 0 Å². The fourth-order valence-corrected chi connectivity index (χ4v) is 3.80. The first-order valence-corrected chi connectivity index (χ1v) is 8.86. The molecule has 0 bridgehead atoms. The Kier molecular flexibility index (Phi) is 6.31. The number of benzene rings is 1. The predicted octanol–water partition coefficient (Wildman–Crippen LogP) is 5.40. The lowest BCUT2D eigenvalue weighted by molar-refractivity contribution is 0.142. The van der Waals surface area contributed by atoms with Gasteiger partial charge in [0.2, 0.25) is 0 Å². The fraction of sp³-hybridized carbons (Fsp3) is 0.632. The van der Waals surface area contributed by atoms with Crippen molar-refractivity contribution in [1.29, 1.82) is 0 Å². The van der Waals surface area contributed by atoms with Crippen molar-refractivity contribution >= 4 is 6.16 Å². The summed E-state index contributed by atoms with van der Waals surface area (Å²) in [6.07, 6.45) is 8.12. The van der Waals surface area contributed by atoms with Gasteiger partial charge in [-0.15, -0.1) is 0 Å². The molecule has 1 aliphatic carbocycles. The van der Waals surface area contributed by atoms with Crippen LogP contribution in [0.4, 0.5) is 4.79 Å². The highest BCUT2D eigenvalue weighted by Crippen LogP contribution is 2.45. The molecule has 0 aromatic heterocycles. The molecule has 2 rings (SSSR count). The van der Waals surface area contributed by atoms with Crippen molar-refractivity contribution in [2.45, 2.75) is 77.6 Å². The number of hydrogen-bond donors (Lipinski definition) is 2. The molecule has 4 heteroatoms. The van der Waals surface area contributed by atoms with Crippen molar-refractivity contribution < 1.29 is 19.7 Å². The van der Waals surface area contributed by atoms with E-state index in [-0.39, 0.29) is 11.5 Å². The second-order valence-corrected chi connectivity index (χ2v) is 6.48. The van der Waals surface area contributed by atoms with Crippen molar-refractivity contribution in [3.63, 3.8) is 0 Å². The van der Waals surface area contributed by atoms with E-state index in [0.717, 1.165) is 49.7 Å². The Hall–Kier alpha value is -1.71. The smallest absolute Gasteiger partial charge is 0.504 e. The van der Waals surface area contributed by atoms with Crippen molar-refractivity contribution in [3.05, 3.63) is 22.8 Å². The van der Waals surface area contributed by atoms with E-state index in [1.165, 1.54) is 24.8 Å². The van der Waals surface area contributed by atoms with E-state index in [1.54, 1.807) is 6.07 Å². The molecule has 128 valence electrons. The number of phenols is 1. The maximum atomic E-state index is 11.0. The van der Waals surface area contributed by atoms with Crippen LogP contribution in [0.25, 0.3) is 0 Å². The van der Waals surface area contributed by atoms with Crippen LogP contribution in [-0.4, -0.2) is 16.4 Å². The van der Waals surface area contributed by atoms with Crippen LogP contribution >= 0.6 is 0 Å². The van der Waals surface area contributed by atoms with Gasteiger partial charge in [0.15, 0.2) is 11.5 Å². The molecule has 0 radical (unpaired) electrons. The summed E-state index contributed by atoms with van der Waals surface area (Å²) in [6, 6.07) is 1.73. The first-order chi connectivity index (χ1) is 11.1. The quantitative estimate of drug-likeness (QED) is 0.544. The second kappa shape index (κ2) is 8.23. The molecule has 1 aromatic carbocycles. The van der Waals surface area contributed by atoms with E-state index in [1.807, 2.05) is 0 Å². The van der Waals surface area contributed by atoms with E-state index in [0.29, 0.717) is 5.92 Å². The molecule has 0 aliphatic heterocycles. The standard InChI is InChI=1S/C19H28O4/c1-3-8-14-12-16(23-19(21)22)18(20)17(15(14)9-4-2)13-10-6-5-7-11-13/h12-13,20H,3-11H2,1-2H3,(H,21,22). The zero-order chi connectivity index (χ0) is 16.8. The van der Waals surface area contributed by atoms with Gasteiger partial charge in [0, 0.05) is 5.56 Å². The number of rotatable bonds is 6. The highest BCUT2D eigenvalue weighted by Gasteiger charge is 2.26. The average molecular weight is 320 g/mol. The number of hydrogen-bond acceptors (Lipinski definition) is 3. The molecule has 4 nitrogen and oxygen atoms in total. The van der Waals surface area contributed by atoms with Crippen LogP contribution in [0.3, 0.4) is 0 Å². The van der Waals surface area contributed by atoms with Crippen molar-refractivity contribution in [2.24, 2.45) is 0 Å². The normalized spacial score (nSPS) is 15.6. The molecular weight excluding hydrogens is 292 g/mol. The monoisotopic (exact) mass is 320 g/mol. The van der Waals surface area contributed by atoms with Crippen LogP contribution in [0.1, 0.15) is 81.4 Å². The van der Waals surface area contributed by atoms with Gasteiger partial charge in [-0.1, -0.05) is 46.0 Å². The largest absolute Gasteiger partial charge is 0.511 e. The maximum Gasteiger partial charge on any atom is 0.511 e. The minimum Gasteiger partial charge on any atom is -0.504 e. The summed E-state index contributed by atoms with van der Waals surface area (Å²) in [5.41, 5.74) is 3.30. The van der Waals surface area contributed by atoms with Crippen LogP contribution in [0, 0.1) is 0 Å². The summed E-state index contributed by atoms with van der Waals surface area (Å²) in [5.74, 6) is 0.460. The lowest BCUT2D eigenvalue weighted by Crippen LogP contribution is -2.12. The summed E-state index contributed by atoms with van der Waals surface area (Å²) in [4.78, 5) is 11.0. The van der Waals surface area contributed by atoms with Gasteiger partial charge in [-0.3, -0.25) is 0 Å². The van der Waals surface area contributed by atoms with Crippen LogP contribution in [0.2, 0.25) is 0 Å². The summed E-state index contributed by atoms with van der Waals surface area (Å²) < 4.78 is 4.86. The maximum absolute atomic E-state index is 11.0. The molecule has 0 saturated heterocycles. The summed E-state index contributed by atoms with van der Waals surface area (Å²) >= 11 is 0. The first kappa shape index (κ1) is 17.6. The Balaban J connectivity index is 2.55. The third kappa shape index (κ3) is 4.18. The van der Waals surface area contributed by atoms with E-state index < -0.39 is 6.16 Å². The Morgan fingerprint density at radius 3 is 2.39 bits per heavy atom. The minimum atomic E-state index is -1.37. The lowest BCUT2D eigenvalue weighted by Gasteiger charge is -2.27. The molecule has 0 amide bonds. The van der Waals surface area contributed by atoms with Gasteiger partial charge in [0.05, 0.1) is 0 Å². The minimum absolute atomic E-state index is 0.0441. The lowest BCUT2D eigenvalue weighted by atomic mass is 9.79. The zero-order valence-corrected chi connectivity index (χ0v) is 14.2. The SMILES string of the molecule is CCCc1cc(OC(=O)O)c(O)c(C2CCCCC2)c1CCC. The fourth-order valence-electron chi connectivity index (χ4n) is 3.80. The van der Waals surface area contributed by atoms with Gasteiger partial charge >= 0.3 is 6.16 Å². The Morgan fingerprint density at radius 2 is 1.83 bits per heavy atom. The predicted molar refractivity (Wildman–Crippen MR) is 90.6 cm³/mol. The van der Waals surface area contributed by atoms with Crippen LogP contribution in [0.5, 0.6) is 11.5 Å². The molecule has 0 unspecified atom stereocenters. The highest BCUT2D eigenvalue weighted by atomic mass is 16.7. The molecule has 0 atom stereocenters. The number of ether oxygens (including phenoxy) is 1. The highest BCUT2D eigenvalue weighted by molar-refractivity contribution is 5.65. The van der Waals surface area contributed by atoms with Gasteiger partial charge in [-0.05, 0) is 48.8 Å². The third-order valence-corrected chi connectivity index (χ3v) is 4.74. The van der Waals surface area contributed by atoms with Crippen LogP contribution in [-0.2, 0) is 12.8 Å². The Morgan fingerprint density at radius 1 is 1.17 bits per heavy atom. The summed E-state index contributed by atoms with van der Waals surface area (Å²) in [5, 5.41) is 19.7. The van der Waals surface area contributed by atoms with Crippen molar-refractivity contribution in [3.8, 4) is 11.5 Å². The van der Waals surface area contributed by atoms with Gasteiger partial charge in [-0.25, -0.2) is 4.79 Å². The first-order valence-electron chi connectivity index (χ1n) is 8.86. The van der Waals surface area contributed by atoms with Crippen molar-refractivity contribution in [2.75, 3.05) is 0 Å². The Bertz CT molecular complexity index is 545. The summed E-state index contributed by atoms with van der Waals surface area (Å²) in [7, 11) is 0. The van der Waals surface area contributed by atoms with Crippen LogP contribution in [0.15, 0.2) is 6.07 Å². The van der Waals surface area contributed by atoms with E-state index in [2.05, 4.69) is 13.8 Å². The molecule has 2 N–H and O–H groups in total. The molecule has 1 aromatic rings.